The van der Waals surface area contributed by atoms with Crippen molar-refractivity contribution in [1.82, 2.24) is 0 Å². The summed E-state index contributed by atoms with van der Waals surface area (Å²) in [6.07, 6.45) is 1.88. The largest absolute Gasteiger partial charge is 0.198 e. The van der Waals surface area contributed by atoms with Crippen LogP contribution in [0, 0.1) is 24.2 Å². The number of thiophene rings is 1. The lowest BCUT2D eigenvalue weighted by atomic mass is 10.0. The SMILES string of the molecule is CCC(C#N)Cc1sccc1C. The van der Waals surface area contributed by atoms with Crippen LogP contribution in [0.25, 0.3) is 0 Å². The smallest absolute Gasteiger partial charge is 0.0659 e. The summed E-state index contributed by atoms with van der Waals surface area (Å²) < 4.78 is 0. The molecule has 0 saturated carbocycles. The second-order valence-electron chi connectivity index (χ2n) is 2.97. The van der Waals surface area contributed by atoms with Gasteiger partial charge in [0.2, 0.25) is 0 Å². The van der Waals surface area contributed by atoms with Crippen LogP contribution in [0.2, 0.25) is 0 Å². The highest BCUT2D eigenvalue weighted by molar-refractivity contribution is 7.10. The van der Waals surface area contributed by atoms with Crippen molar-refractivity contribution in [3.8, 4) is 6.07 Å². The van der Waals surface area contributed by atoms with Crippen molar-refractivity contribution in [3.63, 3.8) is 0 Å². The first-order chi connectivity index (χ1) is 5.77. The van der Waals surface area contributed by atoms with Crippen LogP contribution < -0.4 is 0 Å². The molecule has 1 nitrogen and oxygen atoms in total. The van der Waals surface area contributed by atoms with E-state index in [-0.39, 0.29) is 5.92 Å². The average Bonchev–Trinajstić information content (AvgIpc) is 2.47. The number of aryl methyl sites for hydroxylation is 1. The Labute approximate surface area is 77.7 Å². The Morgan fingerprint density at radius 3 is 2.83 bits per heavy atom. The first-order valence-corrected chi connectivity index (χ1v) is 5.08. The van der Waals surface area contributed by atoms with Crippen LogP contribution in [0.4, 0.5) is 0 Å². The third-order valence-electron chi connectivity index (χ3n) is 2.08. The van der Waals surface area contributed by atoms with Crippen molar-refractivity contribution in [3.05, 3.63) is 21.9 Å². The van der Waals surface area contributed by atoms with Gasteiger partial charge < -0.3 is 0 Å². The van der Waals surface area contributed by atoms with E-state index in [2.05, 4.69) is 31.4 Å². The van der Waals surface area contributed by atoms with Gasteiger partial charge in [0.15, 0.2) is 0 Å². The van der Waals surface area contributed by atoms with Crippen molar-refractivity contribution >= 4 is 11.3 Å². The summed E-state index contributed by atoms with van der Waals surface area (Å²) >= 11 is 1.76. The van der Waals surface area contributed by atoms with E-state index in [0.29, 0.717) is 0 Å². The molecule has 1 rings (SSSR count). The molecule has 1 aromatic rings. The summed E-state index contributed by atoms with van der Waals surface area (Å²) in [5, 5.41) is 10.9. The summed E-state index contributed by atoms with van der Waals surface area (Å²) in [5.41, 5.74) is 1.33. The van der Waals surface area contributed by atoms with E-state index in [4.69, 9.17) is 5.26 Å². The summed E-state index contributed by atoms with van der Waals surface area (Å²) in [7, 11) is 0. The first kappa shape index (κ1) is 9.28. The standard InChI is InChI=1S/C10H13NS/c1-3-9(7-11)6-10-8(2)4-5-12-10/h4-5,9H,3,6H2,1-2H3. The number of hydrogen-bond donors (Lipinski definition) is 0. The van der Waals surface area contributed by atoms with Gasteiger partial charge in [-0.2, -0.15) is 5.26 Å². The minimum atomic E-state index is 0.197. The molecule has 0 spiro atoms. The van der Waals surface area contributed by atoms with E-state index >= 15 is 0 Å². The summed E-state index contributed by atoms with van der Waals surface area (Å²) in [6, 6.07) is 4.44. The Hall–Kier alpha value is -0.810. The quantitative estimate of drug-likeness (QED) is 0.699. The summed E-state index contributed by atoms with van der Waals surface area (Å²) in [6.45, 7) is 4.17. The molecule has 0 aromatic carbocycles. The van der Waals surface area contributed by atoms with Gasteiger partial charge in [-0.05, 0) is 36.8 Å². The maximum atomic E-state index is 8.77. The van der Waals surface area contributed by atoms with Crippen molar-refractivity contribution in [2.45, 2.75) is 26.7 Å². The molecule has 12 heavy (non-hydrogen) atoms. The zero-order valence-electron chi connectivity index (χ0n) is 7.50. The Kier molecular flexibility index (Phi) is 3.31. The Balaban J connectivity index is 2.64. The van der Waals surface area contributed by atoms with Gasteiger partial charge in [0.25, 0.3) is 0 Å². The van der Waals surface area contributed by atoms with Crippen molar-refractivity contribution < 1.29 is 0 Å². The van der Waals surface area contributed by atoms with E-state index in [0.717, 1.165) is 12.8 Å². The van der Waals surface area contributed by atoms with Gasteiger partial charge in [-0.3, -0.25) is 0 Å². The molecule has 64 valence electrons. The Morgan fingerprint density at radius 2 is 2.42 bits per heavy atom. The van der Waals surface area contributed by atoms with Crippen LogP contribution in [0.15, 0.2) is 11.4 Å². The van der Waals surface area contributed by atoms with E-state index < -0.39 is 0 Å². The molecule has 0 aliphatic carbocycles. The van der Waals surface area contributed by atoms with Gasteiger partial charge in [0.05, 0.1) is 12.0 Å². The van der Waals surface area contributed by atoms with Gasteiger partial charge in [-0.1, -0.05) is 6.92 Å². The molecule has 0 bridgehead atoms. The van der Waals surface area contributed by atoms with Crippen molar-refractivity contribution in [2.24, 2.45) is 5.92 Å². The zero-order valence-corrected chi connectivity index (χ0v) is 8.32. The molecule has 0 radical (unpaired) electrons. The minimum Gasteiger partial charge on any atom is -0.198 e. The molecule has 1 unspecified atom stereocenters. The first-order valence-electron chi connectivity index (χ1n) is 4.20. The topological polar surface area (TPSA) is 23.8 Å². The molecule has 0 fully saturated rings. The normalized spacial score (nSPS) is 12.4. The van der Waals surface area contributed by atoms with Gasteiger partial charge in [-0.15, -0.1) is 11.3 Å². The third-order valence-corrected chi connectivity index (χ3v) is 3.12. The highest BCUT2D eigenvalue weighted by atomic mass is 32.1. The Morgan fingerprint density at radius 1 is 1.67 bits per heavy atom. The lowest BCUT2D eigenvalue weighted by Gasteiger charge is -2.03. The predicted octanol–water partition coefficient (Wildman–Crippen LogP) is 3.15. The van der Waals surface area contributed by atoms with Crippen LogP contribution in [0.3, 0.4) is 0 Å². The van der Waals surface area contributed by atoms with Crippen LogP contribution >= 0.6 is 11.3 Å². The van der Waals surface area contributed by atoms with Gasteiger partial charge in [0.1, 0.15) is 0 Å². The Bertz CT molecular complexity index is 282. The second kappa shape index (κ2) is 4.27. The lowest BCUT2D eigenvalue weighted by Crippen LogP contribution is -1.98. The highest BCUT2D eigenvalue weighted by Gasteiger charge is 2.08. The number of rotatable bonds is 3. The maximum Gasteiger partial charge on any atom is 0.0659 e. The van der Waals surface area contributed by atoms with Crippen LogP contribution in [0.5, 0.6) is 0 Å². The van der Waals surface area contributed by atoms with E-state index in [9.17, 15) is 0 Å². The molecule has 2 heteroatoms. The molecule has 1 aromatic heterocycles. The fourth-order valence-corrected chi connectivity index (χ4v) is 2.11. The van der Waals surface area contributed by atoms with E-state index in [1.807, 2.05) is 0 Å². The van der Waals surface area contributed by atoms with Crippen LogP contribution in [-0.2, 0) is 6.42 Å². The fraction of sp³-hybridized carbons (Fsp3) is 0.500. The van der Waals surface area contributed by atoms with Crippen molar-refractivity contribution in [1.29, 1.82) is 5.26 Å². The van der Waals surface area contributed by atoms with Gasteiger partial charge in [-0.25, -0.2) is 0 Å². The van der Waals surface area contributed by atoms with Gasteiger partial charge in [0, 0.05) is 4.88 Å². The van der Waals surface area contributed by atoms with Crippen LogP contribution in [-0.4, -0.2) is 0 Å². The fourth-order valence-electron chi connectivity index (χ4n) is 1.12. The zero-order chi connectivity index (χ0) is 8.97. The lowest BCUT2D eigenvalue weighted by molar-refractivity contribution is 0.642. The van der Waals surface area contributed by atoms with E-state index in [1.165, 1.54) is 10.4 Å². The monoisotopic (exact) mass is 179 g/mol. The second-order valence-corrected chi connectivity index (χ2v) is 3.97. The highest BCUT2D eigenvalue weighted by Crippen LogP contribution is 2.20. The molecule has 0 saturated heterocycles. The maximum absolute atomic E-state index is 8.77. The van der Waals surface area contributed by atoms with Crippen molar-refractivity contribution in [2.75, 3.05) is 0 Å². The molecule has 1 atom stereocenters. The summed E-state index contributed by atoms with van der Waals surface area (Å²) in [5.74, 6) is 0.197. The minimum absolute atomic E-state index is 0.197. The van der Waals surface area contributed by atoms with Crippen LogP contribution in [0.1, 0.15) is 23.8 Å². The predicted molar refractivity (Wildman–Crippen MR) is 52.2 cm³/mol. The number of nitrogens with zero attached hydrogens (tertiary/aromatic N) is 1. The summed E-state index contributed by atoms with van der Waals surface area (Å²) in [4.78, 5) is 1.36. The molecular weight excluding hydrogens is 166 g/mol. The number of hydrogen-bond acceptors (Lipinski definition) is 2. The molecular formula is C10H13NS. The molecule has 0 N–H and O–H groups in total. The molecule has 1 heterocycles. The molecule has 0 amide bonds. The number of nitriles is 1. The van der Waals surface area contributed by atoms with Gasteiger partial charge >= 0.3 is 0 Å². The average molecular weight is 179 g/mol. The molecule has 0 aliphatic rings. The van der Waals surface area contributed by atoms with E-state index in [1.54, 1.807) is 11.3 Å². The third kappa shape index (κ3) is 2.09. The molecule has 0 aliphatic heterocycles.